The number of nitrogens with zero attached hydrogens (tertiary/aromatic N) is 8. The predicted octanol–water partition coefficient (Wildman–Crippen LogP) is 9.82. The minimum Gasteiger partial charge on any atom is -0.391 e. The molecule has 4 aromatic heterocycles. The van der Waals surface area contributed by atoms with Crippen molar-refractivity contribution >= 4 is 17.7 Å². The van der Waals surface area contributed by atoms with Gasteiger partial charge in [-0.1, -0.05) is 84.9 Å². The zero-order valence-electron chi connectivity index (χ0n) is 39.7. The summed E-state index contributed by atoms with van der Waals surface area (Å²) in [4.78, 5) is 61.8. The summed E-state index contributed by atoms with van der Waals surface area (Å²) in [5.74, 6) is 0.701. The number of pyridine rings is 2. The first-order valence-electron chi connectivity index (χ1n) is 23.9. The Morgan fingerprint density at radius 3 is 1.46 bits per heavy atom. The fourth-order valence-electron chi connectivity index (χ4n) is 9.29. The fourth-order valence-corrected chi connectivity index (χ4v) is 9.29. The summed E-state index contributed by atoms with van der Waals surface area (Å²) in [6.07, 6.45) is -1.70. The largest absolute Gasteiger partial charge is 0.416 e. The summed E-state index contributed by atoms with van der Waals surface area (Å²) in [5, 5.41) is 10.8. The summed E-state index contributed by atoms with van der Waals surface area (Å²) < 4.78 is 83.8. The van der Waals surface area contributed by atoms with E-state index in [1.54, 1.807) is 41.6 Å². The molecule has 0 spiro atoms. The van der Waals surface area contributed by atoms with Crippen molar-refractivity contribution in [1.82, 2.24) is 29.1 Å². The number of hydrogen-bond acceptors (Lipinski definition) is 10. The van der Waals surface area contributed by atoms with Crippen LogP contribution < -0.4 is 20.9 Å². The maximum Gasteiger partial charge on any atom is 0.416 e. The Bertz CT molecular complexity index is 3370. The molecular formula is C56H48F6N8O4. The van der Waals surface area contributed by atoms with Gasteiger partial charge in [0.25, 0.3) is 11.1 Å². The highest BCUT2D eigenvalue weighted by atomic mass is 19.4. The Labute approximate surface area is 420 Å². The van der Waals surface area contributed by atoms with Gasteiger partial charge in [0.05, 0.1) is 46.3 Å². The third-order valence-corrected chi connectivity index (χ3v) is 12.7. The highest BCUT2D eigenvalue weighted by Crippen LogP contribution is 2.37. The van der Waals surface area contributed by atoms with Crippen molar-refractivity contribution in [3.05, 3.63) is 201 Å². The molecule has 2 aliphatic rings. The van der Waals surface area contributed by atoms with Gasteiger partial charge in [-0.25, -0.2) is 9.97 Å². The number of rotatable bonds is 12. The quantitative estimate of drug-likeness (QED) is 0.118. The van der Waals surface area contributed by atoms with Crippen LogP contribution >= 0.6 is 0 Å². The minimum atomic E-state index is -4.55. The number of carbonyl (C=O) groups is 1. The van der Waals surface area contributed by atoms with Crippen LogP contribution in [0.2, 0.25) is 0 Å². The van der Waals surface area contributed by atoms with Crippen molar-refractivity contribution in [2.75, 3.05) is 36.0 Å². The summed E-state index contributed by atoms with van der Waals surface area (Å²) in [5.41, 5.74) is 1.45. The number of carbonyl (C=O) groups excluding carboxylic acids is 1. The van der Waals surface area contributed by atoms with E-state index in [2.05, 4.69) is 9.97 Å². The molecule has 0 saturated carbocycles. The van der Waals surface area contributed by atoms with Crippen molar-refractivity contribution < 1.29 is 36.2 Å². The van der Waals surface area contributed by atoms with Crippen LogP contribution in [-0.2, 0) is 43.1 Å². The number of halogens is 6. The third-order valence-electron chi connectivity index (χ3n) is 12.7. The lowest BCUT2D eigenvalue weighted by Gasteiger charge is -2.33. The Hall–Kier alpha value is -8.25. The van der Waals surface area contributed by atoms with E-state index in [1.807, 2.05) is 65.6 Å². The molecule has 1 atom stereocenters. The molecule has 0 aliphatic carbocycles. The molecule has 0 fully saturated rings. The first kappa shape index (κ1) is 50.7. The number of anilines is 2. The van der Waals surface area contributed by atoms with Gasteiger partial charge in [0.2, 0.25) is 11.9 Å². The van der Waals surface area contributed by atoms with Crippen molar-refractivity contribution in [3.8, 4) is 44.8 Å². The van der Waals surface area contributed by atoms with E-state index in [1.165, 1.54) is 45.8 Å². The van der Waals surface area contributed by atoms with Crippen molar-refractivity contribution in [3.63, 3.8) is 0 Å². The molecule has 1 unspecified atom stereocenters. The highest BCUT2D eigenvalue weighted by Gasteiger charge is 2.34. The normalized spacial score (nSPS) is 13.8. The fraction of sp³-hybridized carbons (Fsp3) is 0.232. The lowest BCUT2D eigenvalue weighted by atomic mass is 9.99. The Balaban J connectivity index is 0.000000182. The van der Waals surface area contributed by atoms with Crippen LogP contribution in [0.25, 0.3) is 44.8 Å². The molecule has 74 heavy (non-hydrogen) atoms. The van der Waals surface area contributed by atoms with E-state index in [9.17, 15) is 45.8 Å². The van der Waals surface area contributed by atoms with Gasteiger partial charge < -0.3 is 14.9 Å². The number of aliphatic hydroxyl groups is 1. The van der Waals surface area contributed by atoms with Crippen LogP contribution in [0.3, 0.4) is 0 Å². The van der Waals surface area contributed by atoms with E-state index in [-0.39, 0.29) is 58.9 Å². The van der Waals surface area contributed by atoms with Gasteiger partial charge in [-0.2, -0.15) is 26.3 Å². The number of fused-ring (bicyclic) bond motifs is 2. The smallest absolute Gasteiger partial charge is 0.391 e. The lowest BCUT2D eigenvalue weighted by Crippen LogP contribution is -2.43. The monoisotopic (exact) mass is 1010 g/mol. The second-order valence-corrected chi connectivity index (χ2v) is 17.9. The average molecular weight is 1010 g/mol. The number of benzene rings is 4. The Kier molecular flexibility index (Phi) is 15.0. The van der Waals surface area contributed by atoms with Crippen LogP contribution in [0, 0.1) is 0 Å². The molecule has 0 radical (unpaired) electrons. The maximum absolute atomic E-state index is 13.8. The summed E-state index contributed by atoms with van der Waals surface area (Å²) in [7, 11) is 0. The van der Waals surface area contributed by atoms with Gasteiger partial charge in [-0.05, 0) is 83.6 Å². The van der Waals surface area contributed by atoms with Gasteiger partial charge >= 0.3 is 12.4 Å². The number of aromatic nitrogens is 6. The molecule has 8 aromatic rings. The van der Waals surface area contributed by atoms with Gasteiger partial charge in [0, 0.05) is 81.5 Å². The second-order valence-electron chi connectivity index (χ2n) is 17.9. The molecule has 378 valence electrons. The van der Waals surface area contributed by atoms with Crippen molar-refractivity contribution in [1.29, 1.82) is 0 Å². The molecule has 0 saturated heterocycles. The van der Waals surface area contributed by atoms with E-state index < -0.39 is 40.7 Å². The van der Waals surface area contributed by atoms with Crippen LogP contribution in [0.1, 0.15) is 35.1 Å². The first-order valence-corrected chi connectivity index (χ1v) is 23.9. The van der Waals surface area contributed by atoms with E-state index >= 15 is 0 Å². The Morgan fingerprint density at radius 1 is 0.541 bits per heavy atom. The Morgan fingerprint density at radius 2 is 0.986 bits per heavy atom. The van der Waals surface area contributed by atoms with E-state index in [0.29, 0.717) is 68.5 Å². The van der Waals surface area contributed by atoms with Gasteiger partial charge in [-0.15, -0.1) is 0 Å². The van der Waals surface area contributed by atoms with E-state index in [4.69, 9.17) is 9.97 Å². The zero-order valence-corrected chi connectivity index (χ0v) is 39.7. The summed E-state index contributed by atoms with van der Waals surface area (Å²) >= 11 is 0. The number of alkyl halides is 6. The molecule has 2 aliphatic heterocycles. The maximum atomic E-state index is 13.8. The molecule has 6 heterocycles. The average Bonchev–Trinajstić information content (AvgIpc) is 3.40. The standard InChI is InChI=1S/C28H25F3N4O2.C28H23F3N4O2/c2*29-28(30,31)22-9-4-8-21(17-22)24-25(20-10-12-32-13-11-20)33-27-34(14-5-15-35(27)26(24)37)18-23(36)16-19-6-2-1-3-7-19/h1-4,6-13,17,23,36H,5,14-16,18H2;1-4,6-13,17H,5,14-16,18H2. The molecule has 18 heteroatoms. The van der Waals surface area contributed by atoms with Gasteiger partial charge in [0.15, 0.2) is 5.78 Å². The third kappa shape index (κ3) is 11.5. The number of hydrogen-bond donors (Lipinski definition) is 1. The van der Waals surface area contributed by atoms with Crippen LogP contribution in [-0.4, -0.2) is 72.2 Å². The number of ketones is 1. The van der Waals surface area contributed by atoms with Gasteiger partial charge in [-0.3, -0.25) is 33.5 Å². The molecule has 1 N–H and O–H groups in total. The molecule has 0 bridgehead atoms. The molecule has 0 amide bonds. The molecule has 12 nitrogen and oxygen atoms in total. The summed E-state index contributed by atoms with van der Waals surface area (Å²) in [6.45, 7) is 2.20. The number of Topliss-reactive ketones (excluding diaryl/α,β-unsaturated/α-hetero) is 1. The highest BCUT2D eigenvalue weighted by molar-refractivity contribution is 5.86. The van der Waals surface area contributed by atoms with E-state index in [0.717, 1.165) is 35.4 Å². The van der Waals surface area contributed by atoms with Crippen molar-refractivity contribution in [2.45, 2.75) is 57.2 Å². The van der Waals surface area contributed by atoms with Crippen LogP contribution in [0.4, 0.5) is 38.2 Å². The van der Waals surface area contributed by atoms with Crippen LogP contribution in [0.15, 0.2) is 168 Å². The second kappa shape index (κ2) is 21.8. The zero-order chi connectivity index (χ0) is 52.0. The lowest BCUT2D eigenvalue weighted by molar-refractivity contribution is -0.138. The summed E-state index contributed by atoms with van der Waals surface area (Å²) in [6, 6.07) is 35.1. The molecular weight excluding hydrogens is 963 g/mol. The van der Waals surface area contributed by atoms with Crippen LogP contribution in [0.5, 0.6) is 0 Å². The topological polar surface area (TPSA) is 139 Å². The first-order chi connectivity index (χ1) is 35.6. The number of aliphatic hydroxyl groups excluding tert-OH is 1. The van der Waals surface area contributed by atoms with Crippen molar-refractivity contribution in [2.24, 2.45) is 0 Å². The molecule has 4 aromatic carbocycles. The predicted molar refractivity (Wildman–Crippen MR) is 269 cm³/mol. The molecule has 10 rings (SSSR count). The minimum absolute atomic E-state index is 0.0266. The number of β-amino-alcohol motifs (C(OH)–C–C–N with tert-alkyl or cyclic N) is 1. The van der Waals surface area contributed by atoms with Gasteiger partial charge in [0.1, 0.15) is 0 Å². The SMILES string of the molecule is O=C(Cc1ccccc1)CN1CCCn2c1nc(-c1ccncc1)c(-c1cccc(C(F)(F)F)c1)c2=O.O=c1c(-c2cccc(C(F)(F)F)c2)c(-c2ccncc2)nc2n1CCCN2CC(O)Cc1ccccc1.